The summed E-state index contributed by atoms with van der Waals surface area (Å²) < 4.78 is 16.8. The predicted octanol–water partition coefficient (Wildman–Crippen LogP) is 20.0. The van der Waals surface area contributed by atoms with Gasteiger partial charge in [0.25, 0.3) is 0 Å². The van der Waals surface area contributed by atoms with Crippen molar-refractivity contribution in [2.75, 3.05) is 13.2 Å². The lowest BCUT2D eigenvalue weighted by Crippen LogP contribution is -2.30. The van der Waals surface area contributed by atoms with Crippen LogP contribution >= 0.6 is 0 Å². The first-order valence-corrected chi connectivity index (χ1v) is 29.5. The monoisotopic (exact) mass is 997 g/mol. The van der Waals surface area contributed by atoms with Crippen LogP contribution < -0.4 is 0 Å². The molecule has 6 nitrogen and oxygen atoms in total. The normalized spacial score (nSPS) is 13.0. The van der Waals surface area contributed by atoms with Gasteiger partial charge in [-0.15, -0.1) is 0 Å². The van der Waals surface area contributed by atoms with Crippen molar-refractivity contribution in [3.05, 3.63) is 122 Å². The molecule has 0 saturated heterocycles. The van der Waals surface area contributed by atoms with E-state index in [0.717, 1.165) is 109 Å². The second-order valence-electron chi connectivity index (χ2n) is 19.1. The summed E-state index contributed by atoms with van der Waals surface area (Å²) in [6.45, 7) is 6.33. The molecular formula is C66H108O6. The highest BCUT2D eigenvalue weighted by Gasteiger charge is 2.19. The van der Waals surface area contributed by atoms with Gasteiger partial charge < -0.3 is 14.2 Å². The minimum atomic E-state index is -0.815. The molecule has 1 atom stereocenters. The van der Waals surface area contributed by atoms with Crippen molar-refractivity contribution in [2.24, 2.45) is 0 Å². The maximum atomic E-state index is 12.8. The maximum Gasteiger partial charge on any atom is 0.306 e. The minimum absolute atomic E-state index is 0.107. The molecule has 0 amide bonds. The van der Waals surface area contributed by atoms with Gasteiger partial charge in [-0.1, -0.05) is 245 Å². The molecule has 0 fully saturated rings. The number of allylic oxidation sites excluding steroid dienone is 20. The zero-order valence-corrected chi connectivity index (χ0v) is 46.7. The van der Waals surface area contributed by atoms with Crippen molar-refractivity contribution >= 4 is 17.9 Å². The second kappa shape index (κ2) is 59.4. The van der Waals surface area contributed by atoms with E-state index in [1.165, 1.54) is 103 Å². The molecule has 0 aromatic heterocycles. The number of carbonyl (C=O) groups is 3. The van der Waals surface area contributed by atoms with Gasteiger partial charge in [-0.2, -0.15) is 0 Å². The average molecular weight is 998 g/mol. The quantitative estimate of drug-likeness (QED) is 0.0261. The minimum Gasteiger partial charge on any atom is -0.462 e. The van der Waals surface area contributed by atoms with E-state index in [9.17, 15) is 14.4 Å². The number of ether oxygens (including phenoxy) is 3. The smallest absolute Gasteiger partial charge is 0.306 e. The van der Waals surface area contributed by atoms with Crippen LogP contribution in [0, 0.1) is 0 Å². The van der Waals surface area contributed by atoms with Gasteiger partial charge in [0.05, 0.1) is 0 Å². The number of esters is 3. The first kappa shape index (κ1) is 67.8. The third-order valence-electron chi connectivity index (χ3n) is 12.2. The molecule has 0 aliphatic heterocycles. The molecule has 0 aromatic rings. The van der Waals surface area contributed by atoms with Crippen LogP contribution in [0.25, 0.3) is 0 Å². The molecule has 408 valence electrons. The van der Waals surface area contributed by atoms with E-state index in [0.29, 0.717) is 19.3 Å². The molecule has 0 spiro atoms. The summed E-state index contributed by atoms with van der Waals surface area (Å²) in [6, 6.07) is 0. The Kier molecular flexibility index (Phi) is 55.9. The second-order valence-corrected chi connectivity index (χ2v) is 19.1. The summed E-state index contributed by atoms with van der Waals surface area (Å²) in [5.41, 5.74) is 0. The number of hydrogen-bond acceptors (Lipinski definition) is 6. The molecular weight excluding hydrogens is 889 g/mol. The topological polar surface area (TPSA) is 78.9 Å². The van der Waals surface area contributed by atoms with Crippen molar-refractivity contribution in [1.29, 1.82) is 0 Å². The fraction of sp³-hybridized carbons (Fsp3) is 0.652. The molecule has 1 unspecified atom stereocenters. The molecule has 72 heavy (non-hydrogen) atoms. The van der Waals surface area contributed by atoms with Crippen LogP contribution in [0.1, 0.15) is 258 Å². The molecule has 0 rings (SSSR count). The van der Waals surface area contributed by atoms with Crippen molar-refractivity contribution in [3.8, 4) is 0 Å². The lowest BCUT2D eigenvalue weighted by atomic mass is 10.0. The SMILES string of the molecule is CC/C=C\C/C=C\C/C=C\C/C=C\C/C=C\CCCCCCCCCCCCCC(=O)OCC(COC(=O)CC/C=C\C/C=C\C/C=C\C/C=C\CC)OC(=O)CCCCCCC/C=C\CCCCCCC. The van der Waals surface area contributed by atoms with Gasteiger partial charge in [-0.3, -0.25) is 14.4 Å². The Balaban J connectivity index is 4.34. The Bertz CT molecular complexity index is 1520. The molecule has 0 aliphatic rings. The molecule has 6 heteroatoms. The number of rotatable bonds is 52. The highest BCUT2D eigenvalue weighted by Crippen LogP contribution is 2.15. The lowest BCUT2D eigenvalue weighted by Gasteiger charge is -2.18. The molecule has 0 radical (unpaired) electrons. The van der Waals surface area contributed by atoms with E-state index in [1.807, 2.05) is 6.08 Å². The summed E-state index contributed by atoms with van der Waals surface area (Å²) in [6.07, 6.45) is 82.1. The third-order valence-corrected chi connectivity index (χ3v) is 12.2. The van der Waals surface area contributed by atoms with Crippen molar-refractivity contribution in [1.82, 2.24) is 0 Å². The first-order chi connectivity index (χ1) is 35.5. The van der Waals surface area contributed by atoms with Gasteiger partial charge in [0.1, 0.15) is 13.2 Å². The Hall–Kier alpha value is -4.19. The molecule has 0 saturated carbocycles. The van der Waals surface area contributed by atoms with Crippen molar-refractivity contribution in [3.63, 3.8) is 0 Å². The average Bonchev–Trinajstić information content (AvgIpc) is 3.38. The Morgan fingerprint density at radius 3 is 0.944 bits per heavy atom. The molecule has 0 N–H and O–H groups in total. The number of carbonyl (C=O) groups excluding carboxylic acids is 3. The van der Waals surface area contributed by atoms with Gasteiger partial charge in [-0.25, -0.2) is 0 Å². The maximum absolute atomic E-state index is 12.8. The number of hydrogen-bond donors (Lipinski definition) is 0. The summed E-state index contributed by atoms with van der Waals surface area (Å²) >= 11 is 0. The van der Waals surface area contributed by atoms with E-state index in [2.05, 4.69) is 136 Å². The van der Waals surface area contributed by atoms with E-state index in [-0.39, 0.29) is 37.5 Å². The van der Waals surface area contributed by atoms with Gasteiger partial charge in [-0.05, 0) is 116 Å². The first-order valence-electron chi connectivity index (χ1n) is 29.5. The van der Waals surface area contributed by atoms with E-state index in [4.69, 9.17) is 14.2 Å². The fourth-order valence-corrected chi connectivity index (χ4v) is 7.83. The van der Waals surface area contributed by atoms with Crippen LogP contribution in [0.3, 0.4) is 0 Å². The zero-order chi connectivity index (χ0) is 52.2. The lowest BCUT2D eigenvalue weighted by molar-refractivity contribution is -0.166. The van der Waals surface area contributed by atoms with Crippen molar-refractivity contribution in [2.45, 2.75) is 264 Å². The summed E-state index contributed by atoms with van der Waals surface area (Å²) in [4.78, 5) is 38.1. The van der Waals surface area contributed by atoms with Crippen LogP contribution in [-0.2, 0) is 28.6 Å². The molecule has 0 aliphatic carbocycles. The Labute approximate surface area is 443 Å². The molecule has 0 bridgehead atoms. The summed E-state index contributed by atoms with van der Waals surface area (Å²) in [7, 11) is 0. The highest BCUT2D eigenvalue weighted by atomic mass is 16.6. The molecule has 0 aromatic carbocycles. The predicted molar refractivity (Wildman–Crippen MR) is 311 cm³/mol. The van der Waals surface area contributed by atoms with Gasteiger partial charge in [0.15, 0.2) is 6.10 Å². The van der Waals surface area contributed by atoms with Crippen LogP contribution in [0.5, 0.6) is 0 Å². The van der Waals surface area contributed by atoms with Crippen LogP contribution in [0.4, 0.5) is 0 Å². The van der Waals surface area contributed by atoms with Gasteiger partial charge >= 0.3 is 17.9 Å². The largest absolute Gasteiger partial charge is 0.462 e. The van der Waals surface area contributed by atoms with Crippen LogP contribution in [0.2, 0.25) is 0 Å². The highest BCUT2D eigenvalue weighted by molar-refractivity contribution is 5.71. The fourth-order valence-electron chi connectivity index (χ4n) is 7.83. The summed E-state index contributed by atoms with van der Waals surface area (Å²) in [5.74, 6) is -1.00. The standard InChI is InChI=1S/C66H108O6/c1-4-7-10-13-16-19-22-25-27-28-29-30-31-32-33-34-35-36-37-38-39-42-44-47-50-53-56-59-65(68)71-62-63(61-70-64(67)58-55-52-49-46-43-40-24-21-18-15-12-9-6-3)72-66(69)60-57-54-51-48-45-41-26-23-20-17-14-11-8-5-2/h7,9-10,12,16,18-19,21,23,25-27,29-30,32-33,40,43,49,52,63H,4-6,8,11,13-15,17,20,22,24,28,31,34-39,41-42,44-48,50-51,53-62H2,1-3H3/b10-7-,12-9-,19-16-,21-18-,26-23-,27-25-,30-29-,33-32-,43-40-,52-49-. The van der Waals surface area contributed by atoms with E-state index in [1.54, 1.807) is 0 Å². The number of unbranched alkanes of at least 4 members (excludes halogenated alkanes) is 21. The van der Waals surface area contributed by atoms with Gasteiger partial charge in [0, 0.05) is 19.3 Å². The zero-order valence-electron chi connectivity index (χ0n) is 46.7. The van der Waals surface area contributed by atoms with Gasteiger partial charge in [0.2, 0.25) is 0 Å². The van der Waals surface area contributed by atoms with E-state index < -0.39 is 6.10 Å². The Morgan fingerprint density at radius 1 is 0.292 bits per heavy atom. The van der Waals surface area contributed by atoms with Crippen molar-refractivity contribution < 1.29 is 28.6 Å². The van der Waals surface area contributed by atoms with E-state index >= 15 is 0 Å². The third kappa shape index (κ3) is 56.7. The molecule has 0 heterocycles. The summed E-state index contributed by atoms with van der Waals surface area (Å²) in [5, 5.41) is 0. The van der Waals surface area contributed by atoms with Crippen LogP contribution in [-0.4, -0.2) is 37.2 Å². The van der Waals surface area contributed by atoms with Crippen LogP contribution in [0.15, 0.2) is 122 Å². The Morgan fingerprint density at radius 2 is 0.569 bits per heavy atom.